The Hall–Kier alpha value is -3.11. The van der Waals surface area contributed by atoms with E-state index in [4.69, 9.17) is 16.3 Å². The van der Waals surface area contributed by atoms with Crippen molar-refractivity contribution in [3.8, 4) is 17.6 Å². The number of fused-ring (bicyclic) bond motifs is 1. The fraction of sp³-hybridized carbons (Fsp3) is 0.400. The van der Waals surface area contributed by atoms with Crippen molar-refractivity contribution in [1.82, 2.24) is 9.88 Å². The molecule has 2 heterocycles. The van der Waals surface area contributed by atoms with Crippen LogP contribution in [0.25, 0.3) is 10.9 Å². The van der Waals surface area contributed by atoms with Gasteiger partial charge < -0.3 is 14.9 Å². The second kappa shape index (κ2) is 12.9. The van der Waals surface area contributed by atoms with Gasteiger partial charge in [0, 0.05) is 35.1 Å². The van der Waals surface area contributed by atoms with Crippen molar-refractivity contribution in [2.45, 2.75) is 38.2 Å². The average Bonchev–Trinajstić information content (AvgIpc) is 2.91. The van der Waals surface area contributed by atoms with E-state index >= 15 is 0 Å². The molecule has 2 N–H and O–H groups in total. The van der Waals surface area contributed by atoms with Gasteiger partial charge >= 0.3 is 5.97 Å². The average molecular weight is 521 g/mol. The van der Waals surface area contributed by atoms with Gasteiger partial charge in [-0.3, -0.25) is 14.7 Å². The highest BCUT2D eigenvalue weighted by molar-refractivity contribution is 6.30. The molecule has 7 heteroatoms. The summed E-state index contributed by atoms with van der Waals surface area (Å²) in [6.45, 7) is 2.38. The number of ether oxygens (including phenoxy) is 1. The van der Waals surface area contributed by atoms with Crippen molar-refractivity contribution >= 4 is 28.5 Å². The molecule has 0 saturated carbocycles. The number of pyridine rings is 1. The number of nitrogens with zero attached hydrogens (tertiary/aromatic N) is 2. The number of aromatic nitrogens is 1. The zero-order valence-corrected chi connectivity index (χ0v) is 21.8. The number of carboxylic acid groups (broad SMARTS) is 1. The highest BCUT2D eigenvalue weighted by atomic mass is 35.5. The van der Waals surface area contributed by atoms with Crippen molar-refractivity contribution in [3.63, 3.8) is 0 Å². The van der Waals surface area contributed by atoms with Crippen LogP contribution in [-0.2, 0) is 4.79 Å². The molecule has 1 fully saturated rings. The predicted molar refractivity (Wildman–Crippen MR) is 146 cm³/mol. The van der Waals surface area contributed by atoms with Crippen molar-refractivity contribution in [1.29, 1.82) is 0 Å². The van der Waals surface area contributed by atoms with Crippen molar-refractivity contribution in [3.05, 3.63) is 70.9 Å². The Morgan fingerprint density at radius 1 is 1.19 bits per heavy atom. The van der Waals surface area contributed by atoms with Gasteiger partial charge in [0.25, 0.3) is 0 Å². The summed E-state index contributed by atoms with van der Waals surface area (Å²) >= 11 is 5.95. The maximum atomic E-state index is 11.3. The summed E-state index contributed by atoms with van der Waals surface area (Å²) in [4.78, 5) is 18.0. The largest absolute Gasteiger partial charge is 0.497 e. The van der Waals surface area contributed by atoms with Gasteiger partial charge in [0.2, 0.25) is 0 Å². The van der Waals surface area contributed by atoms with E-state index in [1.165, 1.54) is 0 Å². The maximum absolute atomic E-state index is 11.3. The molecule has 4 rings (SSSR count). The minimum Gasteiger partial charge on any atom is -0.497 e. The summed E-state index contributed by atoms with van der Waals surface area (Å²) < 4.78 is 5.36. The number of methoxy groups -OCH3 is 1. The SMILES string of the molecule is COc1ccc2nccc([C@H](O)CC[C@@H]3CCN(CC#Cc4ccc(Cl)cc4)C[C@H]3CCC(=O)O)c2c1. The molecule has 0 unspecified atom stereocenters. The quantitative estimate of drug-likeness (QED) is 0.359. The standard InChI is InChI=1S/C30H33ClN2O4/c1-37-25-10-11-28-27(19-25)26(14-16-32-28)29(34)12-6-22-15-18-33(20-23(22)7-13-30(35)36)17-2-3-21-4-8-24(31)9-5-21/h4-5,8-11,14,16,19,22-23,29,34H,6-7,12-13,15,17-18,20H2,1H3,(H,35,36)/t22-,23-,29-/m1/s1. The van der Waals surface area contributed by atoms with E-state index in [0.717, 1.165) is 53.7 Å². The summed E-state index contributed by atoms with van der Waals surface area (Å²) in [5.41, 5.74) is 2.60. The lowest BCUT2D eigenvalue weighted by Crippen LogP contribution is -2.41. The van der Waals surface area contributed by atoms with E-state index in [1.807, 2.05) is 48.5 Å². The molecular weight excluding hydrogens is 488 g/mol. The Bertz CT molecular complexity index is 1270. The third-order valence-corrected chi connectivity index (χ3v) is 7.49. The molecular formula is C30H33ClN2O4. The zero-order chi connectivity index (χ0) is 26.2. The number of aliphatic carboxylic acids is 1. The highest BCUT2D eigenvalue weighted by Gasteiger charge is 2.30. The van der Waals surface area contributed by atoms with Gasteiger partial charge in [-0.25, -0.2) is 0 Å². The first kappa shape index (κ1) is 26.9. The fourth-order valence-electron chi connectivity index (χ4n) is 5.19. The molecule has 3 atom stereocenters. The first-order chi connectivity index (χ1) is 17.9. The third-order valence-electron chi connectivity index (χ3n) is 7.24. The smallest absolute Gasteiger partial charge is 0.303 e. The summed E-state index contributed by atoms with van der Waals surface area (Å²) in [5.74, 6) is 7.01. The number of likely N-dealkylation sites (tertiary alicyclic amines) is 1. The van der Waals surface area contributed by atoms with Crippen LogP contribution in [0.2, 0.25) is 5.02 Å². The summed E-state index contributed by atoms with van der Waals surface area (Å²) in [5, 5.41) is 22.0. The van der Waals surface area contributed by atoms with E-state index in [1.54, 1.807) is 13.3 Å². The number of rotatable bonds is 9. The molecule has 1 aromatic heterocycles. The van der Waals surface area contributed by atoms with Crippen LogP contribution in [0, 0.1) is 23.7 Å². The molecule has 1 saturated heterocycles. The highest BCUT2D eigenvalue weighted by Crippen LogP contribution is 2.35. The van der Waals surface area contributed by atoms with Crippen LogP contribution in [0.1, 0.15) is 49.3 Å². The number of hydrogen-bond donors (Lipinski definition) is 2. The Balaban J connectivity index is 1.39. The molecule has 1 aliphatic rings. The van der Waals surface area contributed by atoms with Gasteiger partial charge in [-0.2, -0.15) is 0 Å². The second-order valence-electron chi connectivity index (χ2n) is 9.66. The molecule has 0 aliphatic carbocycles. The number of benzene rings is 2. The lowest BCUT2D eigenvalue weighted by Gasteiger charge is -2.38. The molecule has 2 aromatic carbocycles. The van der Waals surface area contributed by atoms with Crippen molar-refractivity contribution in [2.24, 2.45) is 11.8 Å². The van der Waals surface area contributed by atoms with Gasteiger partial charge in [0.05, 0.1) is 25.3 Å². The number of aliphatic hydroxyl groups is 1. The Kier molecular flexibility index (Phi) is 9.40. The van der Waals surface area contributed by atoms with Gasteiger partial charge in [0.1, 0.15) is 5.75 Å². The third kappa shape index (κ3) is 7.45. The molecule has 0 amide bonds. The predicted octanol–water partition coefficient (Wildman–Crippen LogP) is 5.57. The lowest BCUT2D eigenvalue weighted by molar-refractivity contribution is -0.137. The van der Waals surface area contributed by atoms with Gasteiger partial charge in [0.15, 0.2) is 0 Å². The number of carboxylic acids is 1. The zero-order valence-electron chi connectivity index (χ0n) is 21.1. The summed E-state index contributed by atoms with van der Waals surface area (Å²) in [6.07, 6.45) is 4.30. The van der Waals surface area contributed by atoms with Crippen molar-refractivity contribution in [2.75, 3.05) is 26.7 Å². The van der Waals surface area contributed by atoms with E-state index in [2.05, 4.69) is 21.7 Å². The van der Waals surface area contributed by atoms with Gasteiger partial charge in [-0.15, -0.1) is 0 Å². The first-order valence-electron chi connectivity index (χ1n) is 12.7. The lowest BCUT2D eigenvalue weighted by atomic mass is 9.79. The summed E-state index contributed by atoms with van der Waals surface area (Å²) in [7, 11) is 1.63. The molecule has 1 aliphatic heterocycles. The first-order valence-corrected chi connectivity index (χ1v) is 13.1. The molecule has 6 nitrogen and oxygen atoms in total. The molecule has 3 aromatic rings. The van der Waals surface area contributed by atoms with E-state index in [0.29, 0.717) is 30.3 Å². The van der Waals surface area contributed by atoms with Gasteiger partial charge in [-0.1, -0.05) is 23.4 Å². The fourth-order valence-corrected chi connectivity index (χ4v) is 5.32. The van der Waals surface area contributed by atoms with Crippen LogP contribution in [0.15, 0.2) is 54.7 Å². The molecule has 0 bridgehead atoms. The van der Waals surface area contributed by atoms with Crippen LogP contribution in [0.3, 0.4) is 0 Å². The number of halogens is 1. The topological polar surface area (TPSA) is 82.9 Å². The van der Waals surface area contributed by atoms with Crippen LogP contribution >= 0.6 is 11.6 Å². The van der Waals surface area contributed by atoms with Crippen molar-refractivity contribution < 1.29 is 19.7 Å². The van der Waals surface area contributed by atoms with Crippen LogP contribution < -0.4 is 4.74 Å². The minimum atomic E-state index is -0.768. The van der Waals surface area contributed by atoms with E-state index in [9.17, 15) is 15.0 Å². The number of piperidine rings is 1. The molecule has 194 valence electrons. The Morgan fingerprint density at radius 3 is 2.76 bits per heavy atom. The summed E-state index contributed by atoms with van der Waals surface area (Å²) in [6, 6.07) is 15.0. The molecule has 37 heavy (non-hydrogen) atoms. The normalized spacial score (nSPS) is 18.7. The van der Waals surface area contributed by atoms with E-state index < -0.39 is 12.1 Å². The van der Waals surface area contributed by atoms with Crippen LogP contribution in [0.5, 0.6) is 5.75 Å². The Morgan fingerprint density at radius 2 is 2.00 bits per heavy atom. The Labute approximate surface area is 223 Å². The van der Waals surface area contributed by atoms with E-state index in [-0.39, 0.29) is 12.3 Å². The van der Waals surface area contributed by atoms with Crippen LogP contribution in [-0.4, -0.2) is 52.8 Å². The maximum Gasteiger partial charge on any atom is 0.303 e. The number of carbonyl (C=O) groups is 1. The molecule has 0 spiro atoms. The second-order valence-corrected chi connectivity index (χ2v) is 10.1. The van der Waals surface area contributed by atoms with Gasteiger partial charge in [-0.05, 0) is 98.2 Å². The number of hydrogen-bond acceptors (Lipinski definition) is 5. The minimum absolute atomic E-state index is 0.156. The molecule has 0 radical (unpaired) electrons. The van der Waals surface area contributed by atoms with Crippen LogP contribution in [0.4, 0.5) is 0 Å². The monoisotopic (exact) mass is 520 g/mol. The number of aliphatic hydroxyl groups excluding tert-OH is 1.